The third kappa shape index (κ3) is 1.42. The van der Waals surface area contributed by atoms with Gasteiger partial charge in [-0.2, -0.15) is 5.10 Å². The van der Waals surface area contributed by atoms with Crippen molar-refractivity contribution in [3.63, 3.8) is 0 Å². The van der Waals surface area contributed by atoms with Crippen molar-refractivity contribution in [2.45, 2.75) is 0 Å². The fraction of sp³-hybridized carbons (Fsp3) is 0. The molecule has 0 saturated carbocycles. The maximum atomic E-state index is 6.15. The molecule has 0 unspecified atom stereocenters. The second-order valence-corrected chi connectivity index (χ2v) is 4.30. The number of fused-ring (bicyclic) bond motifs is 2. The van der Waals surface area contributed by atoms with Crippen LogP contribution in [0.15, 0.2) is 37.2 Å². The third-order valence-corrected chi connectivity index (χ3v) is 3.11. The molecule has 4 aromatic heterocycles. The van der Waals surface area contributed by atoms with Gasteiger partial charge in [-0.3, -0.25) is 14.4 Å². The molecule has 4 heterocycles. The van der Waals surface area contributed by atoms with Crippen LogP contribution >= 0.6 is 11.6 Å². The summed E-state index contributed by atoms with van der Waals surface area (Å²) in [6, 6.07) is 0. The van der Waals surface area contributed by atoms with Crippen LogP contribution in [0.2, 0.25) is 5.15 Å². The second kappa shape index (κ2) is 3.72. The molecule has 0 aliphatic rings. The van der Waals surface area contributed by atoms with Gasteiger partial charge in [0.15, 0.2) is 11.5 Å². The van der Waals surface area contributed by atoms with Gasteiger partial charge in [0.25, 0.3) is 0 Å². The minimum Gasteiger partial charge on any atom is -0.262 e. The number of rotatable bonds is 1. The Morgan fingerprint density at radius 3 is 2.89 bits per heavy atom. The zero-order valence-corrected chi connectivity index (χ0v) is 10.2. The Bertz CT molecular complexity index is 894. The number of halogens is 1. The van der Waals surface area contributed by atoms with Crippen LogP contribution in [0.5, 0.6) is 0 Å². The summed E-state index contributed by atoms with van der Waals surface area (Å²) in [5.74, 6) is 0.616. The molecule has 0 N–H and O–H groups in total. The predicted octanol–water partition coefficient (Wildman–Crippen LogP) is 1.49. The maximum absolute atomic E-state index is 6.15. The lowest BCUT2D eigenvalue weighted by molar-refractivity contribution is 0.946. The number of nitrogens with zero attached hydrogens (tertiary/aromatic N) is 7. The summed E-state index contributed by atoms with van der Waals surface area (Å²) in [4.78, 5) is 8.08. The Labute approximate surface area is 111 Å². The molecular formula is C11H6ClN7. The van der Waals surface area contributed by atoms with Gasteiger partial charge in [0.1, 0.15) is 5.15 Å². The lowest BCUT2D eigenvalue weighted by atomic mass is 10.3. The minimum absolute atomic E-state index is 0.445. The Morgan fingerprint density at radius 2 is 1.95 bits per heavy atom. The molecule has 0 saturated heterocycles. The lowest BCUT2D eigenvalue weighted by Crippen LogP contribution is -1.92. The number of hydrogen-bond donors (Lipinski definition) is 0. The standard InChI is InChI=1S/C11H6ClN7/c12-9-5-14-6-10-16-17-11(19(9)10)7-3-15-18-2-1-13-4-8(7)18/h1-6H. The SMILES string of the molecule is Clc1cncc2nnc(-c3cnn4ccncc34)n12. The fourth-order valence-corrected chi connectivity index (χ4v) is 2.22. The quantitative estimate of drug-likeness (QED) is 0.524. The van der Waals surface area contributed by atoms with Crippen molar-refractivity contribution in [2.24, 2.45) is 0 Å². The van der Waals surface area contributed by atoms with E-state index in [-0.39, 0.29) is 0 Å². The van der Waals surface area contributed by atoms with Crippen LogP contribution in [0, 0.1) is 0 Å². The van der Waals surface area contributed by atoms with Crippen LogP contribution in [0.25, 0.3) is 22.6 Å². The van der Waals surface area contributed by atoms with E-state index < -0.39 is 0 Å². The van der Waals surface area contributed by atoms with Gasteiger partial charge in [-0.05, 0) is 0 Å². The van der Waals surface area contributed by atoms with Crippen LogP contribution in [0.4, 0.5) is 0 Å². The zero-order valence-electron chi connectivity index (χ0n) is 9.47. The van der Waals surface area contributed by atoms with Crippen LogP contribution in [-0.2, 0) is 0 Å². The molecule has 92 valence electrons. The Balaban J connectivity index is 2.10. The molecule has 19 heavy (non-hydrogen) atoms. The predicted molar refractivity (Wildman–Crippen MR) is 67.8 cm³/mol. The summed E-state index contributed by atoms with van der Waals surface area (Å²) < 4.78 is 3.44. The minimum atomic E-state index is 0.445. The smallest absolute Gasteiger partial charge is 0.180 e. The first-order valence-electron chi connectivity index (χ1n) is 5.47. The van der Waals surface area contributed by atoms with Gasteiger partial charge in [-0.15, -0.1) is 10.2 Å². The average molecular weight is 272 g/mol. The van der Waals surface area contributed by atoms with Crippen molar-refractivity contribution < 1.29 is 0 Å². The van der Waals surface area contributed by atoms with Crippen LogP contribution < -0.4 is 0 Å². The monoisotopic (exact) mass is 271 g/mol. The molecule has 0 bridgehead atoms. The highest BCUT2D eigenvalue weighted by Gasteiger charge is 2.15. The van der Waals surface area contributed by atoms with Crippen molar-refractivity contribution in [1.29, 1.82) is 0 Å². The van der Waals surface area contributed by atoms with E-state index in [9.17, 15) is 0 Å². The zero-order chi connectivity index (χ0) is 12.8. The highest BCUT2D eigenvalue weighted by molar-refractivity contribution is 6.29. The van der Waals surface area contributed by atoms with Crippen LogP contribution in [-0.4, -0.2) is 34.2 Å². The molecular weight excluding hydrogens is 266 g/mol. The van der Waals surface area contributed by atoms with E-state index in [1.54, 1.807) is 46.1 Å². The summed E-state index contributed by atoms with van der Waals surface area (Å²) in [7, 11) is 0. The Kier molecular flexibility index (Phi) is 2.04. The molecule has 0 aliphatic carbocycles. The maximum Gasteiger partial charge on any atom is 0.180 e. The first-order valence-corrected chi connectivity index (χ1v) is 5.85. The van der Waals surface area contributed by atoms with Gasteiger partial charge in [-0.25, -0.2) is 4.52 Å². The van der Waals surface area contributed by atoms with E-state index in [2.05, 4.69) is 25.3 Å². The van der Waals surface area contributed by atoms with Crippen molar-refractivity contribution >= 4 is 22.8 Å². The van der Waals surface area contributed by atoms with E-state index in [0.29, 0.717) is 16.6 Å². The van der Waals surface area contributed by atoms with E-state index >= 15 is 0 Å². The average Bonchev–Trinajstić information content (AvgIpc) is 3.02. The Hall–Kier alpha value is -2.54. The molecule has 4 rings (SSSR count). The number of hydrogen-bond acceptors (Lipinski definition) is 5. The van der Waals surface area contributed by atoms with Crippen molar-refractivity contribution in [1.82, 2.24) is 34.2 Å². The van der Waals surface area contributed by atoms with Gasteiger partial charge in [0, 0.05) is 12.4 Å². The first kappa shape index (κ1) is 10.4. The molecule has 7 nitrogen and oxygen atoms in total. The van der Waals surface area contributed by atoms with Gasteiger partial charge in [0.05, 0.1) is 35.9 Å². The van der Waals surface area contributed by atoms with Gasteiger partial charge >= 0.3 is 0 Å². The van der Waals surface area contributed by atoms with Crippen LogP contribution in [0.1, 0.15) is 0 Å². The third-order valence-electron chi connectivity index (χ3n) is 2.84. The van der Waals surface area contributed by atoms with Crippen LogP contribution in [0.3, 0.4) is 0 Å². The fourth-order valence-electron chi connectivity index (χ4n) is 1.99. The molecule has 0 fully saturated rings. The normalized spacial score (nSPS) is 11.4. The molecule has 8 heteroatoms. The van der Waals surface area contributed by atoms with E-state index in [1.165, 1.54) is 0 Å². The van der Waals surface area contributed by atoms with Crippen molar-refractivity contribution in [3.8, 4) is 11.4 Å². The summed E-state index contributed by atoms with van der Waals surface area (Å²) in [6.45, 7) is 0. The highest BCUT2D eigenvalue weighted by atomic mass is 35.5. The molecule has 0 atom stereocenters. The number of aromatic nitrogens is 7. The molecule has 4 aromatic rings. The summed E-state index contributed by atoms with van der Waals surface area (Å²) in [5.41, 5.74) is 2.24. The molecule has 0 spiro atoms. The largest absolute Gasteiger partial charge is 0.262 e. The molecule has 0 amide bonds. The summed E-state index contributed by atoms with van der Waals surface area (Å²) in [5, 5.41) is 12.9. The summed E-state index contributed by atoms with van der Waals surface area (Å²) >= 11 is 6.15. The molecule has 0 radical (unpaired) electrons. The van der Waals surface area contributed by atoms with E-state index in [1.807, 2.05) is 0 Å². The van der Waals surface area contributed by atoms with Crippen molar-refractivity contribution in [2.75, 3.05) is 0 Å². The highest BCUT2D eigenvalue weighted by Crippen LogP contribution is 2.24. The Morgan fingerprint density at radius 1 is 1.00 bits per heavy atom. The van der Waals surface area contributed by atoms with Gasteiger partial charge in [-0.1, -0.05) is 11.6 Å². The molecule has 0 aromatic carbocycles. The van der Waals surface area contributed by atoms with E-state index in [4.69, 9.17) is 11.6 Å². The summed E-state index contributed by atoms with van der Waals surface area (Å²) in [6.07, 6.45) is 10.0. The first-order chi connectivity index (χ1) is 9.34. The topological polar surface area (TPSA) is 73.3 Å². The van der Waals surface area contributed by atoms with Gasteiger partial charge < -0.3 is 0 Å². The van der Waals surface area contributed by atoms with Crippen molar-refractivity contribution in [3.05, 3.63) is 42.3 Å². The van der Waals surface area contributed by atoms with Gasteiger partial charge in [0.2, 0.25) is 0 Å². The second-order valence-electron chi connectivity index (χ2n) is 3.91. The molecule has 0 aliphatic heterocycles. The lowest BCUT2D eigenvalue weighted by Gasteiger charge is -1.99. The van der Waals surface area contributed by atoms with E-state index in [0.717, 1.165) is 11.1 Å².